The molecule has 4 rings (SSSR count). The maximum absolute atomic E-state index is 7.08. The fourth-order valence-electron chi connectivity index (χ4n) is 2.61. The topological polar surface area (TPSA) is 59.5 Å². The van der Waals surface area contributed by atoms with Crippen molar-refractivity contribution >= 4 is 33.1 Å². The molecule has 0 saturated carbocycles. The Morgan fingerprint density at radius 3 is 2.73 bits per heavy atom. The molecule has 0 unspecified atom stereocenters. The molecule has 0 spiro atoms. The highest BCUT2D eigenvalue weighted by atomic mass is 79.9. The first-order chi connectivity index (χ1) is 12.7. The lowest BCUT2D eigenvalue weighted by Crippen LogP contribution is -2.06. The van der Waals surface area contributed by atoms with Crippen LogP contribution in [0.3, 0.4) is 0 Å². The van der Waals surface area contributed by atoms with Gasteiger partial charge in [0, 0.05) is 25.0 Å². The fourth-order valence-corrected chi connectivity index (χ4v) is 2.96. The van der Waals surface area contributed by atoms with Crippen LogP contribution < -0.4 is 5.32 Å². The van der Waals surface area contributed by atoms with E-state index in [-0.39, 0.29) is 0 Å². The average molecular weight is 405 g/mol. The van der Waals surface area contributed by atoms with E-state index < -0.39 is 0 Å². The molecule has 1 aromatic carbocycles. The first-order valence-electron chi connectivity index (χ1n) is 7.89. The molecule has 26 heavy (non-hydrogen) atoms. The monoisotopic (exact) mass is 404 g/mol. The Labute approximate surface area is 158 Å². The second-order valence-electron chi connectivity index (χ2n) is 5.63. The van der Waals surface area contributed by atoms with Gasteiger partial charge in [0.2, 0.25) is 0 Å². The standard InChI is InChI=1S/C19H13BrN6/c1-21-15-6-4-14(5-7-15)17-9-18(23-11-13-3-2-8-22-10-13)26-19(25-17)16(20)12-24-26/h2-10,12,23H,11H2. The van der Waals surface area contributed by atoms with Crippen LogP contribution in [0.25, 0.3) is 21.7 Å². The zero-order chi connectivity index (χ0) is 17.9. The van der Waals surface area contributed by atoms with Crippen molar-refractivity contribution in [2.75, 3.05) is 5.32 Å². The van der Waals surface area contributed by atoms with Gasteiger partial charge in [0.25, 0.3) is 0 Å². The van der Waals surface area contributed by atoms with Gasteiger partial charge in [0.15, 0.2) is 11.3 Å². The summed E-state index contributed by atoms with van der Waals surface area (Å²) in [6.45, 7) is 7.71. The SMILES string of the molecule is [C-]#[N+]c1ccc(-c2cc(NCc3cccnc3)n3ncc(Br)c3n2)cc1. The maximum atomic E-state index is 7.08. The normalized spacial score (nSPS) is 10.6. The molecular formula is C19H13BrN6. The molecule has 7 heteroatoms. The van der Waals surface area contributed by atoms with E-state index in [4.69, 9.17) is 11.6 Å². The molecule has 0 bridgehead atoms. The molecule has 6 nitrogen and oxygen atoms in total. The summed E-state index contributed by atoms with van der Waals surface area (Å²) >= 11 is 3.50. The predicted octanol–water partition coefficient (Wildman–Crippen LogP) is 4.72. The first kappa shape index (κ1) is 16.2. The molecule has 0 atom stereocenters. The zero-order valence-corrected chi connectivity index (χ0v) is 15.2. The number of pyridine rings is 1. The van der Waals surface area contributed by atoms with Gasteiger partial charge in [0.1, 0.15) is 5.82 Å². The number of benzene rings is 1. The van der Waals surface area contributed by atoms with E-state index in [1.165, 1.54) is 0 Å². The fraction of sp³-hybridized carbons (Fsp3) is 0.0526. The second kappa shape index (κ2) is 6.94. The third kappa shape index (κ3) is 3.15. The van der Waals surface area contributed by atoms with Crippen LogP contribution in [0, 0.1) is 6.57 Å². The van der Waals surface area contributed by atoms with Crippen molar-refractivity contribution in [3.8, 4) is 11.3 Å². The molecule has 3 heterocycles. The molecule has 0 saturated heterocycles. The summed E-state index contributed by atoms with van der Waals surface area (Å²) in [4.78, 5) is 12.3. The number of hydrogen-bond acceptors (Lipinski definition) is 4. The Bertz CT molecular complexity index is 1100. The first-order valence-corrected chi connectivity index (χ1v) is 8.69. The van der Waals surface area contributed by atoms with Crippen molar-refractivity contribution in [3.63, 3.8) is 0 Å². The van der Waals surface area contributed by atoms with Gasteiger partial charge in [-0.2, -0.15) is 9.61 Å². The molecule has 4 aromatic rings. The molecule has 0 radical (unpaired) electrons. The molecule has 126 valence electrons. The Hall–Kier alpha value is -3.24. The molecule has 0 aliphatic carbocycles. The summed E-state index contributed by atoms with van der Waals surface area (Å²) in [7, 11) is 0. The molecular weight excluding hydrogens is 392 g/mol. The van der Waals surface area contributed by atoms with Gasteiger partial charge in [-0.1, -0.05) is 30.3 Å². The summed E-state index contributed by atoms with van der Waals surface area (Å²) < 4.78 is 2.58. The lowest BCUT2D eigenvalue weighted by atomic mass is 10.1. The van der Waals surface area contributed by atoms with E-state index in [2.05, 4.69) is 36.2 Å². The third-order valence-electron chi connectivity index (χ3n) is 3.92. The highest BCUT2D eigenvalue weighted by Crippen LogP contribution is 2.27. The predicted molar refractivity (Wildman–Crippen MR) is 104 cm³/mol. The van der Waals surface area contributed by atoms with Gasteiger partial charge < -0.3 is 5.32 Å². The Morgan fingerprint density at radius 2 is 2.00 bits per heavy atom. The van der Waals surface area contributed by atoms with Crippen LogP contribution in [0.1, 0.15) is 5.56 Å². The molecule has 0 aliphatic heterocycles. The summed E-state index contributed by atoms with van der Waals surface area (Å²) in [6.07, 6.45) is 5.31. The number of fused-ring (bicyclic) bond motifs is 1. The van der Waals surface area contributed by atoms with Crippen LogP contribution in [-0.2, 0) is 6.54 Å². The lowest BCUT2D eigenvalue weighted by Gasteiger charge is -2.11. The average Bonchev–Trinajstić information content (AvgIpc) is 3.08. The van der Waals surface area contributed by atoms with Gasteiger partial charge in [-0.05, 0) is 33.1 Å². The van der Waals surface area contributed by atoms with Crippen LogP contribution in [0.5, 0.6) is 0 Å². The van der Waals surface area contributed by atoms with E-state index in [0.717, 1.165) is 32.8 Å². The van der Waals surface area contributed by atoms with Crippen molar-refractivity contribution in [1.82, 2.24) is 19.6 Å². The Kier molecular flexibility index (Phi) is 4.33. The van der Waals surface area contributed by atoms with Gasteiger partial charge in [-0.25, -0.2) is 9.83 Å². The van der Waals surface area contributed by atoms with Crippen molar-refractivity contribution in [2.24, 2.45) is 0 Å². The molecule has 0 amide bonds. The van der Waals surface area contributed by atoms with E-state index >= 15 is 0 Å². The van der Waals surface area contributed by atoms with E-state index in [1.807, 2.05) is 36.5 Å². The van der Waals surface area contributed by atoms with Gasteiger partial charge in [-0.3, -0.25) is 4.98 Å². The van der Waals surface area contributed by atoms with Gasteiger partial charge in [0.05, 0.1) is 22.9 Å². The summed E-state index contributed by atoms with van der Waals surface area (Å²) in [5.41, 5.74) is 4.16. The quantitative estimate of drug-likeness (QED) is 0.500. The number of nitrogens with zero attached hydrogens (tertiary/aromatic N) is 5. The lowest BCUT2D eigenvalue weighted by molar-refractivity contribution is 0.925. The third-order valence-corrected chi connectivity index (χ3v) is 4.48. The molecule has 0 fully saturated rings. The van der Waals surface area contributed by atoms with Crippen molar-refractivity contribution < 1.29 is 0 Å². The molecule has 3 aromatic heterocycles. The number of rotatable bonds is 4. The second-order valence-corrected chi connectivity index (χ2v) is 6.48. The van der Waals surface area contributed by atoms with E-state index in [9.17, 15) is 0 Å². The minimum Gasteiger partial charge on any atom is -0.366 e. The summed E-state index contributed by atoms with van der Waals surface area (Å²) in [6, 6.07) is 13.3. The van der Waals surface area contributed by atoms with Gasteiger partial charge in [-0.15, -0.1) is 0 Å². The van der Waals surface area contributed by atoms with Gasteiger partial charge >= 0.3 is 0 Å². The van der Waals surface area contributed by atoms with Crippen LogP contribution in [0.15, 0.2) is 65.5 Å². The van der Waals surface area contributed by atoms with Crippen molar-refractivity contribution in [1.29, 1.82) is 0 Å². The number of hydrogen-bond donors (Lipinski definition) is 1. The number of anilines is 1. The summed E-state index contributed by atoms with van der Waals surface area (Å²) in [5, 5.41) is 7.78. The largest absolute Gasteiger partial charge is 0.366 e. The number of aromatic nitrogens is 4. The summed E-state index contributed by atoms with van der Waals surface area (Å²) in [5.74, 6) is 0.828. The van der Waals surface area contributed by atoms with Crippen molar-refractivity contribution in [2.45, 2.75) is 6.54 Å². The minimum atomic E-state index is 0.607. The van der Waals surface area contributed by atoms with E-state index in [0.29, 0.717) is 12.2 Å². The smallest absolute Gasteiger partial charge is 0.187 e. The van der Waals surface area contributed by atoms with E-state index in [1.54, 1.807) is 29.0 Å². The van der Waals surface area contributed by atoms with Crippen LogP contribution in [-0.4, -0.2) is 19.6 Å². The Morgan fingerprint density at radius 1 is 1.15 bits per heavy atom. The highest BCUT2D eigenvalue weighted by Gasteiger charge is 2.11. The molecule has 1 N–H and O–H groups in total. The molecule has 0 aliphatic rings. The highest BCUT2D eigenvalue weighted by molar-refractivity contribution is 9.10. The minimum absolute atomic E-state index is 0.607. The zero-order valence-electron chi connectivity index (χ0n) is 13.6. The van der Waals surface area contributed by atoms with Crippen LogP contribution in [0.4, 0.5) is 11.5 Å². The number of halogens is 1. The van der Waals surface area contributed by atoms with Crippen molar-refractivity contribution in [3.05, 3.63) is 82.5 Å². The number of nitrogens with one attached hydrogen (secondary N) is 1. The van der Waals surface area contributed by atoms with Crippen LogP contribution >= 0.6 is 15.9 Å². The Balaban J connectivity index is 1.74. The van der Waals surface area contributed by atoms with Crippen LogP contribution in [0.2, 0.25) is 0 Å². The maximum Gasteiger partial charge on any atom is 0.187 e.